The first-order chi connectivity index (χ1) is 10.0. The number of sulfonamides is 1. The van der Waals surface area contributed by atoms with Crippen molar-refractivity contribution in [2.45, 2.75) is 43.8 Å². The summed E-state index contributed by atoms with van der Waals surface area (Å²) in [7, 11) is -3.53. The Balaban J connectivity index is 1.68. The van der Waals surface area contributed by atoms with Crippen LogP contribution < -0.4 is 10.0 Å². The third-order valence-electron chi connectivity index (χ3n) is 3.37. The molecule has 1 saturated carbocycles. The van der Waals surface area contributed by atoms with Gasteiger partial charge in [0.2, 0.25) is 10.0 Å². The van der Waals surface area contributed by atoms with Gasteiger partial charge in [0, 0.05) is 23.5 Å². The molecule has 0 spiro atoms. The van der Waals surface area contributed by atoms with Crippen molar-refractivity contribution >= 4 is 21.4 Å². The maximum atomic E-state index is 12.3. The topological polar surface area (TPSA) is 71.3 Å². The maximum absolute atomic E-state index is 12.3. The average molecular weight is 326 g/mol. The smallest absolute Gasteiger partial charge is 0.244 e. The van der Waals surface area contributed by atoms with Gasteiger partial charge in [-0.05, 0) is 31.2 Å². The molecule has 0 atom stereocenters. The minimum Gasteiger partial charge on any atom is -0.464 e. The van der Waals surface area contributed by atoms with Crippen LogP contribution in [0.2, 0.25) is 0 Å². The van der Waals surface area contributed by atoms with Crippen LogP contribution in [0.4, 0.5) is 0 Å². The van der Waals surface area contributed by atoms with E-state index in [1.54, 1.807) is 13.0 Å². The quantitative estimate of drug-likeness (QED) is 0.819. The van der Waals surface area contributed by atoms with Crippen molar-refractivity contribution in [1.29, 1.82) is 0 Å². The van der Waals surface area contributed by atoms with Crippen LogP contribution in [-0.4, -0.2) is 14.5 Å². The zero-order valence-corrected chi connectivity index (χ0v) is 13.4. The van der Waals surface area contributed by atoms with Gasteiger partial charge < -0.3 is 9.73 Å². The summed E-state index contributed by atoms with van der Waals surface area (Å²) in [5.74, 6) is 1.09. The van der Waals surface area contributed by atoms with Crippen molar-refractivity contribution in [3.05, 3.63) is 40.0 Å². The first-order valence-electron chi connectivity index (χ1n) is 6.89. The Morgan fingerprint density at radius 2 is 2.19 bits per heavy atom. The molecule has 0 bridgehead atoms. The fourth-order valence-electron chi connectivity index (χ4n) is 2.07. The van der Waals surface area contributed by atoms with Crippen LogP contribution in [0.3, 0.4) is 0 Å². The monoisotopic (exact) mass is 326 g/mol. The number of rotatable bonds is 7. The van der Waals surface area contributed by atoms with Gasteiger partial charge in [-0.1, -0.05) is 6.07 Å². The lowest BCUT2D eigenvalue weighted by Gasteiger charge is -2.03. The summed E-state index contributed by atoms with van der Waals surface area (Å²) in [6.07, 6.45) is 2.38. The van der Waals surface area contributed by atoms with E-state index in [2.05, 4.69) is 10.0 Å². The van der Waals surface area contributed by atoms with Crippen LogP contribution in [0.5, 0.6) is 0 Å². The summed E-state index contributed by atoms with van der Waals surface area (Å²) in [5.41, 5.74) is 0. The molecule has 0 aliphatic heterocycles. The van der Waals surface area contributed by atoms with Crippen molar-refractivity contribution < 1.29 is 12.8 Å². The van der Waals surface area contributed by atoms with Crippen LogP contribution in [0.1, 0.15) is 29.2 Å². The molecule has 5 nitrogen and oxygen atoms in total. The number of aryl methyl sites for hydroxylation is 1. The van der Waals surface area contributed by atoms with Gasteiger partial charge in [-0.15, -0.1) is 11.3 Å². The highest BCUT2D eigenvalue weighted by atomic mass is 32.2. The van der Waals surface area contributed by atoms with Crippen molar-refractivity contribution in [3.63, 3.8) is 0 Å². The Labute approximate surface area is 128 Å². The lowest BCUT2D eigenvalue weighted by Crippen LogP contribution is -2.23. The third kappa shape index (κ3) is 3.74. The van der Waals surface area contributed by atoms with Crippen molar-refractivity contribution in [1.82, 2.24) is 10.0 Å². The summed E-state index contributed by atoms with van der Waals surface area (Å²) in [4.78, 5) is 1.21. The van der Waals surface area contributed by atoms with Crippen LogP contribution in [0.25, 0.3) is 0 Å². The van der Waals surface area contributed by atoms with Crippen LogP contribution in [0, 0.1) is 6.92 Å². The molecule has 3 rings (SSSR count). The number of nitrogens with one attached hydrogen (secondary N) is 2. The summed E-state index contributed by atoms with van der Waals surface area (Å²) in [6, 6.07) is 5.98. The molecule has 0 unspecified atom stereocenters. The number of hydrogen-bond acceptors (Lipinski definition) is 5. The van der Waals surface area contributed by atoms with E-state index in [4.69, 9.17) is 4.42 Å². The molecule has 2 aromatic rings. The molecular weight excluding hydrogens is 308 g/mol. The Morgan fingerprint density at radius 3 is 2.86 bits per heavy atom. The normalized spacial score (nSPS) is 15.5. The van der Waals surface area contributed by atoms with Crippen molar-refractivity contribution in [3.8, 4) is 0 Å². The molecule has 0 amide bonds. The average Bonchev–Trinajstić information content (AvgIpc) is 2.97. The van der Waals surface area contributed by atoms with E-state index >= 15 is 0 Å². The van der Waals surface area contributed by atoms with Gasteiger partial charge in [0.1, 0.15) is 16.4 Å². The van der Waals surface area contributed by atoms with E-state index in [-0.39, 0.29) is 4.90 Å². The predicted molar refractivity (Wildman–Crippen MR) is 81.7 cm³/mol. The van der Waals surface area contributed by atoms with Gasteiger partial charge in [0.05, 0.1) is 6.54 Å². The lowest BCUT2D eigenvalue weighted by atomic mass is 10.4. The highest BCUT2D eigenvalue weighted by molar-refractivity contribution is 7.89. The van der Waals surface area contributed by atoms with Gasteiger partial charge >= 0.3 is 0 Å². The SMILES string of the molecule is Cc1oc(CNC2CC2)cc1S(=O)(=O)NCc1cccs1. The van der Waals surface area contributed by atoms with Gasteiger partial charge in [-0.3, -0.25) is 0 Å². The second kappa shape index (κ2) is 5.92. The van der Waals surface area contributed by atoms with Gasteiger partial charge in [0.15, 0.2) is 0 Å². The minimum absolute atomic E-state index is 0.228. The molecule has 2 heterocycles. The Hall–Kier alpha value is -1.15. The fourth-order valence-corrected chi connectivity index (χ4v) is 4.01. The van der Waals surface area contributed by atoms with E-state index in [0.29, 0.717) is 30.7 Å². The zero-order chi connectivity index (χ0) is 14.9. The molecule has 1 aliphatic carbocycles. The second-order valence-electron chi connectivity index (χ2n) is 5.19. The summed E-state index contributed by atoms with van der Waals surface area (Å²) in [6.45, 7) is 2.56. The van der Waals surface area contributed by atoms with Crippen molar-refractivity contribution in [2.24, 2.45) is 0 Å². The maximum Gasteiger partial charge on any atom is 0.244 e. The lowest BCUT2D eigenvalue weighted by molar-refractivity contribution is 0.456. The molecule has 2 N–H and O–H groups in total. The van der Waals surface area contributed by atoms with Gasteiger partial charge in [0.25, 0.3) is 0 Å². The largest absolute Gasteiger partial charge is 0.464 e. The molecule has 21 heavy (non-hydrogen) atoms. The Morgan fingerprint density at radius 1 is 1.38 bits per heavy atom. The fraction of sp³-hybridized carbons (Fsp3) is 0.429. The minimum atomic E-state index is -3.53. The number of hydrogen-bond donors (Lipinski definition) is 2. The van der Waals surface area contributed by atoms with E-state index in [0.717, 1.165) is 4.88 Å². The molecule has 1 fully saturated rings. The zero-order valence-electron chi connectivity index (χ0n) is 11.8. The molecular formula is C14H18N2O3S2. The molecule has 7 heteroatoms. The molecule has 2 aromatic heterocycles. The standard InChI is InChI=1S/C14H18N2O3S2/c1-10-14(7-12(19-10)8-15-11-4-5-11)21(17,18)16-9-13-3-2-6-20-13/h2-3,6-7,11,15-16H,4-5,8-9H2,1H3. The molecule has 0 aromatic carbocycles. The third-order valence-corrected chi connectivity index (χ3v) is 5.76. The van der Waals surface area contributed by atoms with Crippen LogP contribution in [0.15, 0.2) is 32.9 Å². The van der Waals surface area contributed by atoms with Gasteiger partial charge in [-0.2, -0.15) is 0 Å². The van der Waals surface area contributed by atoms with Crippen LogP contribution >= 0.6 is 11.3 Å². The first-order valence-corrected chi connectivity index (χ1v) is 9.25. The summed E-state index contributed by atoms with van der Waals surface area (Å²) >= 11 is 1.53. The Bertz CT molecular complexity index is 701. The van der Waals surface area contributed by atoms with Gasteiger partial charge in [-0.25, -0.2) is 13.1 Å². The predicted octanol–water partition coefficient (Wildman–Crippen LogP) is 2.38. The molecule has 114 valence electrons. The number of thiophene rings is 1. The van der Waals surface area contributed by atoms with E-state index in [1.807, 2.05) is 17.5 Å². The highest BCUT2D eigenvalue weighted by Gasteiger charge is 2.24. The summed E-state index contributed by atoms with van der Waals surface area (Å²) < 4.78 is 32.8. The van der Waals surface area contributed by atoms with E-state index < -0.39 is 10.0 Å². The molecule has 0 radical (unpaired) electrons. The number of furan rings is 1. The van der Waals surface area contributed by atoms with E-state index in [9.17, 15) is 8.42 Å². The van der Waals surface area contributed by atoms with Crippen molar-refractivity contribution in [2.75, 3.05) is 0 Å². The molecule has 1 aliphatic rings. The van der Waals surface area contributed by atoms with E-state index in [1.165, 1.54) is 24.2 Å². The second-order valence-corrected chi connectivity index (χ2v) is 7.96. The first kappa shape index (κ1) is 14.8. The Kier molecular flexibility index (Phi) is 4.17. The summed E-state index contributed by atoms with van der Waals surface area (Å²) in [5, 5.41) is 5.24. The van der Waals surface area contributed by atoms with Crippen LogP contribution in [-0.2, 0) is 23.1 Å². The highest BCUT2D eigenvalue weighted by Crippen LogP contribution is 2.23. The molecule has 0 saturated heterocycles.